The van der Waals surface area contributed by atoms with E-state index in [1.165, 1.54) is 0 Å². The second-order valence-electron chi connectivity index (χ2n) is 6.10. The van der Waals surface area contributed by atoms with Gasteiger partial charge in [-0.05, 0) is 39.0 Å². The molecule has 0 saturated carbocycles. The van der Waals surface area contributed by atoms with Crippen molar-refractivity contribution in [2.24, 2.45) is 0 Å². The summed E-state index contributed by atoms with van der Waals surface area (Å²) in [5.74, 6) is -1.77. The number of alkyl halides is 3. The first-order chi connectivity index (χ1) is 12.2. The second-order valence-corrected chi connectivity index (χ2v) is 8.40. The molecule has 1 unspecified atom stereocenters. The Morgan fingerprint density at radius 1 is 1.33 bits per heavy atom. The van der Waals surface area contributed by atoms with Gasteiger partial charge in [0.05, 0.1) is 22.2 Å². The Kier molecular flexibility index (Phi) is 7.28. The number of aliphatic hydroxyl groups excluding tert-OH is 1. The predicted molar refractivity (Wildman–Crippen MR) is 92.9 cm³/mol. The number of anilines is 1. The molecule has 0 heterocycles. The van der Waals surface area contributed by atoms with Gasteiger partial charge in [0.15, 0.2) is 0 Å². The second kappa shape index (κ2) is 8.31. The number of rotatable bonds is 7. The lowest BCUT2D eigenvalue weighted by Gasteiger charge is -2.26. The zero-order valence-electron chi connectivity index (χ0n) is 14.7. The monoisotopic (exact) mass is 432 g/mol. The molecule has 0 aromatic heterocycles. The molecule has 1 amide bonds. The van der Waals surface area contributed by atoms with Crippen molar-refractivity contribution in [1.29, 1.82) is 0 Å². The lowest BCUT2D eigenvalue weighted by molar-refractivity contribution is -0.242. The summed E-state index contributed by atoms with van der Waals surface area (Å²) in [7, 11) is -4.04. The Hall–Kier alpha value is -1.40. The summed E-state index contributed by atoms with van der Waals surface area (Å²) in [6, 6.07) is 2.55. The molecule has 27 heavy (non-hydrogen) atoms. The maximum Gasteiger partial charge on any atom is 0.426 e. The number of halogens is 4. The number of benzene rings is 1. The highest BCUT2D eigenvalue weighted by atomic mass is 35.5. The largest absolute Gasteiger partial charge is 0.426 e. The van der Waals surface area contributed by atoms with Crippen LogP contribution in [0.1, 0.15) is 20.8 Å². The number of amides is 1. The molecule has 0 saturated heterocycles. The van der Waals surface area contributed by atoms with Gasteiger partial charge < -0.3 is 15.5 Å². The minimum Gasteiger partial charge on any atom is -0.395 e. The summed E-state index contributed by atoms with van der Waals surface area (Å²) in [6.07, 6.45) is -5.21. The molecule has 0 spiro atoms. The first-order valence-corrected chi connectivity index (χ1v) is 9.51. The Labute approximate surface area is 159 Å². The third-order valence-corrected chi connectivity index (χ3v) is 6.07. The van der Waals surface area contributed by atoms with E-state index in [0.717, 1.165) is 22.5 Å². The number of nitrogens with one attached hydrogen (secondary N) is 1. The molecule has 0 radical (unpaired) electrons. The van der Waals surface area contributed by atoms with Crippen molar-refractivity contribution in [2.75, 3.05) is 18.5 Å². The molecule has 1 aromatic rings. The predicted octanol–water partition coefficient (Wildman–Crippen LogP) is 1.98. The standard InChI is InChI=1S/C15H20ClF3N2O5S/c1-9(2)21(6-7-22)27(25,26)10-4-5-12(11(16)8-10)20-13(23)14(3,24)15(17,18)19/h4-5,8-9,22,24H,6-7H2,1-3H3,(H,20,23). The van der Waals surface area contributed by atoms with Gasteiger partial charge in [-0.1, -0.05) is 11.6 Å². The van der Waals surface area contributed by atoms with Gasteiger partial charge in [-0.2, -0.15) is 17.5 Å². The smallest absolute Gasteiger partial charge is 0.395 e. The van der Waals surface area contributed by atoms with Crippen LogP contribution in [0.15, 0.2) is 23.1 Å². The van der Waals surface area contributed by atoms with Crippen LogP contribution >= 0.6 is 11.6 Å². The topological polar surface area (TPSA) is 107 Å². The van der Waals surface area contributed by atoms with E-state index in [1.807, 2.05) is 5.32 Å². The van der Waals surface area contributed by atoms with Crippen molar-refractivity contribution in [3.63, 3.8) is 0 Å². The number of carbonyl (C=O) groups excluding carboxylic acids is 1. The summed E-state index contributed by atoms with van der Waals surface area (Å²) in [4.78, 5) is 11.4. The van der Waals surface area contributed by atoms with Crippen LogP contribution in [0.25, 0.3) is 0 Å². The van der Waals surface area contributed by atoms with Crippen LogP contribution in [0, 0.1) is 0 Å². The normalized spacial score (nSPS) is 15.1. The quantitative estimate of drug-likeness (QED) is 0.610. The van der Waals surface area contributed by atoms with Crippen LogP contribution in [-0.2, 0) is 14.8 Å². The average Bonchev–Trinajstić information content (AvgIpc) is 2.52. The minimum atomic E-state index is -5.21. The van der Waals surface area contributed by atoms with Gasteiger partial charge in [-0.3, -0.25) is 4.79 Å². The van der Waals surface area contributed by atoms with Crippen LogP contribution in [0.3, 0.4) is 0 Å². The summed E-state index contributed by atoms with van der Waals surface area (Å²) < 4.78 is 64.3. The van der Waals surface area contributed by atoms with E-state index in [-0.39, 0.29) is 29.1 Å². The zero-order chi connectivity index (χ0) is 21.2. The van der Waals surface area contributed by atoms with Gasteiger partial charge in [0.25, 0.3) is 5.91 Å². The first kappa shape index (κ1) is 23.6. The summed E-state index contributed by atoms with van der Waals surface area (Å²) >= 11 is 5.90. The third-order valence-electron chi connectivity index (χ3n) is 3.69. The molecule has 12 heteroatoms. The molecule has 0 fully saturated rings. The highest BCUT2D eigenvalue weighted by Gasteiger charge is 2.55. The zero-order valence-corrected chi connectivity index (χ0v) is 16.3. The van der Waals surface area contributed by atoms with Gasteiger partial charge in [-0.25, -0.2) is 8.42 Å². The highest BCUT2D eigenvalue weighted by molar-refractivity contribution is 7.89. The minimum absolute atomic E-state index is 0.162. The number of nitrogens with zero attached hydrogens (tertiary/aromatic N) is 1. The summed E-state index contributed by atoms with van der Waals surface area (Å²) in [5.41, 5.74) is -3.96. The Bertz CT molecular complexity index is 797. The average molecular weight is 433 g/mol. The first-order valence-electron chi connectivity index (χ1n) is 7.69. The molecule has 7 nitrogen and oxygen atoms in total. The molecule has 0 aliphatic heterocycles. The fourth-order valence-electron chi connectivity index (χ4n) is 2.02. The summed E-state index contributed by atoms with van der Waals surface area (Å²) in [6.45, 7) is 2.91. The number of carbonyl (C=O) groups is 1. The maximum absolute atomic E-state index is 12.7. The van der Waals surface area contributed by atoms with Crippen molar-refractivity contribution in [1.82, 2.24) is 4.31 Å². The maximum atomic E-state index is 12.7. The Morgan fingerprint density at radius 2 is 1.89 bits per heavy atom. The van der Waals surface area contributed by atoms with Crippen LogP contribution in [0.4, 0.5) is 18.9 Å². The highest BCUT2D eigenvalue weighted by Crippen LogP contribution is 2.33. The molecule has 0 aliphatic rings. The number of sulfonamides is 1. The van der Waals surface area contributed by atoms with Crippen LogP contribution in [0.2, 0.25) is 5.02 Å². The van der Waals surface area contributed by atoms with Gasteiger partial charge in [0.1, 0.15) is 0 Å². The van der Waals surface area contributed by atoms with Crippen molar-refractivity contribution < 1.29 is 36.6 Å². The molecular weight excluding hydrogens is 413 g/mol. The molecule has 0 aliphatic carbocycles. The van der Waals surface area contributed by atoms with E-state index < -0.39 is 40.4 Å². The lowest BCUT2D eigenvalue weighted by atomic mass is 10.1. The molecule has 1 rings (SSSR count). The van der Waals surface area contributed by atoms with E-state index in [9.17, 15) is 31.5 Å². The van der Waals surface area contributed by atoms with Gasteiger partial charge >= 0.3 is 6.18 Å². The Balaban J connectivity index is 3.19. The van der Waals surface area contributed by atoms with Crippen molar-refractivity contribution in [2.45, 2.75) is 43.5 Å². The SMILES string of the molecule is CC(C)N(CCO)S(=O)(=O)c1ccc(NC(=O)C(C)(O)C(F)(F)F)c(Cl)c1. The van der Waals surface area contributed by atoms with Crippen molar-refractivity contribution in [3.05, 3.63) is 23.2 Å². The molecule has 3 N–H and O–H groups in total. The molecular formula is C15H20ClF3N2O5S. The van der Waals surface area contributed by atoms with E-state index >= 15 is 0 Å². The number of aliphatic hydroxyl groups is 2. The van der Waals surface area contributed by atoms with Crippen LogP contribution < -0.4 is 5.32 Å². The number of hydrogen-bond donors (Lipinski definition) is 3. The van der Waals surface area contributed by atoms with Crippen LogP contribution in [-0.4, -0.2) is 59.8 Å². The van der Waals surface area contributed by atoms with Crippen molar-refractivity contribution >= 4 is 33.2 Å². The fraction of sp³-hybridized carbons (Fsp3) is 0.533. The van der Waals surface area contributed by atoms with Crippen LogP contribution in [0.5, 0.6) is 0 Å². The van der Waals surface area contributed by atoms with E-state index in [4.69, 9.17) is 16.7 Å². The molecule has 154 valence electrons. The third kappa shape index (κ3) is 5.11. The van der Waals surface area contributed by atoms with Gasteiger partial charge in [-0.15, -0.1) is 0 Å². The number of hydrogen-bond acceptors (Lipinski definition) is 5. The fourth-order valence-corrected chi connectivity index (χ4v) is 3.97. The summed E-state index contributed by atoms with van der Waals surface area (Å²) in [5, 5.41) is 19.9. The molecule has 1 atom stereocenters. The molecule has 0 bridgehead atoms. The van der Waals surface area contributed by atoms with Crippen molar-refractivity contribution in [3.8, 4) is 0 Å². The van der Waals surface area contributed by atoms with E-state index in [1.54, 1.807) is 13.8 Å². The van der Waals surface area contributed by atoms with Gasteiger partial charge in [0, 0.05) is 12.6 Å². The molecule has 1 aromatic carbocycles. The van der Waals surface area contributed by atoms with Gasteiger partial charge in [0.2, 0.25) is 15.6 Å². The van der Waals surface area contributed by atoms with E-state index in [0.29, 0.717) is 0 Å². The Morgan fingerprint density at radius 3 is 2.30 bits per heavy atom. The lowest BCUT2D eigenvalue weighted by Crippen LogP contribution is -2.52. The van der Waals surface area contributed by atoms with E-state index in [2.05, 4.69) is 0 Å².